The fourth-order valence-corrected chi connectivity index (χ4v) is 4.26. The van der Waals surface area contributed by atoms with Crippen LogP contribution in [0.2, 0.25) is 0 Å². The molecule has 0 bridgehead atoms. The van der Waals surface area contributed by atoms with Crippen molar-refractivity contribution in [2.75, 3.05) is 19.6 Å². The van der Waals surface area contributed by atoms with Gasteiger partial charge >= 0.3 is 0 Å². The summed E-state index contributed by atoms with van der Waals surface area (Å²) in [5, 5.41) is 3.58. The molecule has 0 radical (unpaired) electrons. The number of hydrogen-bond acceptors (Lipinski definition) is 2. The van der Waals surface area contributed by atoms with Crippen LogP contribution < -0.4 is 5.32 Å². The summed E-state index contributed by atoms with van der Waals surface area (Å²) in [5.74, 6) is 0. The predicted octanol–water partition coefficient (Wildman–Crippen LogP) is 6.31. The molecule has 0 atom stereocenters. The first-order valence-corrected chi connectivity index (χ1v) is 12.5. The Labute approximate surface area is 205 Å². The summed E-state index contributed by atoms with van der Waals surface area (Å²) in [7, 11) is 0. The van der Waals surface area contributed by atoms with Crippen molar-refractivity contribution in [2.24, 2.45) is 0 Å². The first-order valence-electron chi connectivity index (χ1n) is 12.5. The van der Waals surface area contributed by atoms with E-state index in [9.17, 15) is 0 Å². The average Bonchev–Trinajstić information content (AvgIpc) is 2.91. The minimum Gasteiger partial charge on any atom is -0.312 e. The summed E-state index contributed by atoms with van der Waals surface area (Å²) >= 11 is 0. The van der Waals surface area contributed by atoms with Crippen LogP contribution in [0.3, 0.4) is 0 Å². The molecule has 4 aromatic carbocycles. The molecule has 0 aromatic heterocycles. The van der Waals surface area contributed by atoms with Crippen LogP contribution >= 0.6 is 0 Å². The van der Waals surface area contributed by atoms with Crippen LogP contribution in [0.15, 0.2) is 115 Å². The predicted molar refractivity (Wildman–Crippen MR) is 144 cm³/mol. The molecule has 0 saturated heterocycles. The van der Waals surface area contributed by atoms with Gasteiger partial charge in [0.25, 0.3) is 0 Å². The van der Waals surface area contributed by atoms with Gasteiger partial charge in [0.2, 0.25) is 0 Å². The second-order valence-electron chi connectivity index (χ2n) is 8.98. The van der Waals surface area contributed by atoms with E-state index in [0.29, 0.717) is 0 Å². The lowest BCUT2D eigenvalue weighted by atomic mass is 10.1. The Morgan fingerprint density at radius 2 is 0.882 bits per heavy atom. The van der Waals surface area contributed by atoms with Crippen LogP contribution in [0.1, 0.15) is 27.8 Å². The summed E-state index contributed by atoms with van der Waals surface area (Å²) in [6.07, 6.45) is 3.23. The molecule has 4 rings (SSSR count). The molecule has 2 heteroatoms. The zero-order valence-corrected chi connectivity index (χ0v) is 20.1. The van der Waals surface area contributed by atoms with Crippen molar-refractivity contribution in [3.05, 3.63) is 143 Å². The van der Waals surface area contributed by atoms with Crippen molar-refractivity contribution in [1.29, 1.82) is 0 Å². The highest BCUT2D eigenvalue weighted by Gasteiger charge is 2.08. The van der Waals surface area contributed by atoms with Gasteiger partial charge in [-0.2, -0.15) is 0 Å². The Morgan fingerprint density at radius 3 is 1.38 bits per heavy atom. The lowest BCUT2D eigenvalue weighted by Gasteiger charge is -2.23. The van der Waals surface area contributed by atoms with Gasteiger partial charge in [0.05, 0.1) is 0 Å². The molecular weight excluding hydrogens is 412 g/mol. The molecule has 34 heavy (non-hydrogen) atoms. The van der Waals surface area contributed by atoms with Crippen LogP contribution in [0.4, 0.5) is 0 Å². The molecule has 0 aliphatic carbocycles. The number of rotatable bonds is 13. The van der Waals surface area contributed by atoms with Gasteiger partial charge in [-0.1, -0.05) is 115 Å². The first-order chi connectivity index (χ1) is 16.8. The third-order valence-electron chi connectivity index (χ3n) is 6.31. The normalized spacial score (nSPS) is 11.1. The van der Waals surface area contributed by atoms with Gasteiger partial charge in [0, 0.05) is 26.2 Å². The minimum absolute atomic E-state index is 0.916. The van der Waals surface area contributed by atoms with Gasteiger partial charge < -0.3 is 5.32 Å². The fraction of sp³-hybridized carbons (Fsp3) is 0.250. The Kier molecular flexibility index (Phi) is 9.50. The van der Waals surface area contributed by atoms with Gasteiger partial charge in [-0.25, -0.2) is 0 Å². The van der Waals surface area contributed by atoms with Crippen molar-refractivity contribution < 1.29 is 0 Å². The van der Waals surface area contributed by atoms with Gasteiger partial charge in [0.1, 0.15) is 0 Å². The summed E-state index contributed by atoms with van der Waals surface area (Å²) < 4.78 is 0. The highest BCUT2D eigenvalue weighted by molar-refractivity contribution is 5.23. The smallest absolute Gasteiger partial charge is 0.0233 e. The Morgan fingerprint density at radius 1 is 0.441 bits per heavy atom. The average molecular weight is 449 g/mol. The van der Waals surface area contributed by atoms with Gasteiger partial charge in [-0.3, -0.25) is 4.90 Å². The molecule has 2 nitrogen and oxygen atoms in total. The van der Waals surface area contributed by atoms with Crippen molar-refractivity contribution in [3.8, 4) is 0 Å². The van der Waals surface area contributed by atoms with E-state index in [4.69, 9.17) is 0 Å². The SMILES string of the molecule is c1ccc(CCNCc2ccc(CN(CCc3ccccc3)CCc3ccccc3)cc2)cc1. The third kappa shape index (κ3) is 8.30. The van der Waals surface area contributed by atoms with Crippen molar-refractivity contribution in [3.63, 3.8) is 0 Å². The molecule has 4 aromatic rings. The molecule has 0 saturated carbocycles. The second-order valence-corrected chi connectivity index (χ2v) is 8.98. The zero-order chi connectivity index (χ0) is 23.3. The molecular formula is C32H36N2. The summed E-state index contributed by atoms with van der Waals surface area (Å²) in [6, 6.07) is 41.5. The van der Waals surface area contributed by atoms with Crippen LogP contribution in [0, 0.1) is 0 Å². The van der Waals surface area contributed by atoms with Gasteiger partial charge in [-0.15, -0.1) is 0 Å². The standard InChI is InChI=1S/C32H36N2/c1-4-10-28(11-5-1)20-23-33-26-31-16-18-32(19-17-31)27-34(24-21-29-12-6-2-7-13-29)25-22-30-14-8-3-9-15-30/h1-19,33H,20-27H2. The van der Waals surface area contributed by atoms with Crippen LogP contribution in [0.5, 0.6) is 0 Å². The molecule has 0 amide bonds. The number of nitrogens with zero attached hydrogens (tertiary/aromatic N) is 1. The maximum absolute atomic E-state index is 3.58. The van der Waals surface area contributed by atoms with E-state index in [2.05, 4.69) is 125 Å². The Bertz CT molecular complexity index is 1020. The van der Waals surface area contributed by atoms with Crippen LogP contribution in [0.25, 0.3) is 0 Å². The lowest BCUT2D eigenvalue weighted by molar-refractivity contribution is 0.272. The maximum atomic E-state index is 3.58. The minimum atomic E-state index is 0.916. The van der Waals surface area contributed by atoms with E-state index in [-0.39, 0.29) is 0 Å². The van der Waals surface area contributed by atoms with E-state index in [0.717, 1.165) is 52.0 Å². The summed E-state index contributed by atoms with van der Waals surface area (Å²) in [5.41, 5.74) is 6.93. The van der Waals surface area contributed by atoms with E-state index >= 15 is 0 Å². The monoisotopic (exact) mass is 448 g/mol. The molecule has 0 spiro atoms. The van der Waals surface area contributed by atoms with Crippen molar-refractivity contribution >= 4 is 0 Å². The van der Waals surface area contributed by atoms with E-state index in [1.165, 1.54) is 27.8 Å². The molecule has 174 valence electrons. The Hall–Kier alpha value is -3.20. The molecule has 0 unspecified atom stereocenters. The maximum Gasteiger partial charge on any atom is 0.0233 e. The first kappa shape index (κ1) is 23.9. The highest BCUT2D eigenvalue weighted by atomic mass is 15.1. The van der Waals surface area contributed by atoms with E-state index in [1.807, 2.05) is 0 Å². The van der Waals surface area contributed by atoms with E-state index < -0.39 is 0 Å². The third-order valence-corrected chi connectivity index (χ3v) is 6.31. The largest absolute Gasteiger partial charge is 0.312 e. The van der Waals surface area contributed by atoms with E-state index in [1.54, 1.807) is 0 Å². The highest BCUT2D eigenvalue weighted by Crippen LogP contribution is 2.11. The number of hydrogen-bond donors (Lipinski definition) is 1. The lowest BCUT2D eigenvalue weighted by Crippen LogP contribution is -2.28. The zero-order valence-electron chi connectivity index (χ0n) is 20.1. The van der Waals surface area contributed by atoms with Crippen LogP contribution in [-0.2, 0) is 32.4 Å². The fourth-order valence-electron chi connectivity index (χ4n) is 4.26. The second kappa shape index (κ2) is 13.5. The van der Waals surface area contributed by atoms with Gasteiger partial charge in [-0.05, 0) is 53.6 Å². The van der Waals surface area contributed by atoms with Crippen molar-refractivity contribution in [2.45, 2.75) is 32.4 Å². The topological polar surface area (TPSA) is 15.3 Å². The molecule has 0 fully saturated rings. The number of benzene rings is 4. The quantitative estimate of drug-likeness (QED) is 0.241. The number of nitrogens with one attached hydrogen (secondary N) is 1. The molecule has 1 N–H and O–H groups in total. The molecule has 0 aliphatic heterocycles. The molecule has 0 aliphatic rings. The molecule has 0 heterocycles. The Balaban J connectivity index is 1.28. The van der Waals surface area contributed by atoms with Crippen molar-refractivity contribution in [1.82, 2.24) is 10.2 Å². The summed E-state index contributed by atoms with van der Waals surface area (Å²) in [6.45, 7) is 5.04. The van der Waals surface area contributed by atoms with Gasteiger partial charge in [0.15, 0.2) is 0 Å². The van der Waals surface area contributed by atoms with Crippen LogP contribution in [-0.4, -0.2) is 24.5 Å². The summed E-state index contributed by atoms with van der Waals surface area (Å²) in [4.78, 5) is 2.59.